The summed E-state index contributed by atoms with van der Waals surface area (Å²) in [7, 11) is 0. The average Bonchev–Trinajstić information content (AvgIpc) is 2.20. The molecule has 0 aliphatic rings. The van der Waals surface area contributed by atoms with Crippen LogP contribution in [-0.2, 0) is 4.79 Å². The van der Waals surface area contributed by atoms with E-state index in [4.69, 9.17) is 16.7 Å². The van der Waals surface area contributed by atoms with E-state index in [1.807, 2.05) is 5.32 Å². The van der Waals surface area contributed by atoms with Gasteiger partial charge in [0.1, 0.15) is 0 Å². The zero-order chi connectivity index (χ0) is 17.1. The van der Waals surface area contributed by atoms with Crippen LogP contribution in [0.2, 0.25) is 0 Å². The van der Waals surface area contributed by atoms with Gasteiger partial charge in [-0.1, -0.05) is 0 Å². The minimum atomic E-state index is -2.67. The predicted molar refractivity (Wildman–Crippen MR) is 53.5 cm³/mol. The van der Waals surface area contributed by atoms with Crippen molar-refractivity contribution in [3.63, 3.8) is 0 Å². The highest BCUT2D eigenvalue weighted by Gasteiger charge is 1.89. The molecule has 0 fully saturated rings. The van der Waals surface area contributed by atoms with E-state index in [1.165, 1.54) is 0 Å². The molecular formula is C8H20N4O. The van der Waals surface area contributed by atoms with Crippen LogP contribution in [0.1, 0.15) is 17.9 Å². The number of carbonyl (C=O) groups is 1. The highest BCUT2D eigenvalue weighted by molar-refractivity contribution is 5.72. The molecule has 0 heterocycles. The Morgan fingerprint density at radius 1 is 1.31 bits per heavy atom. The lowest BCUT2D eigenvalue weighted by Gasteiger charge is -2.05. The van der Waals surface area contributed by atoms with Crippen molar-refractivity contribution in [1.82, 2.24) is 16.0 Å². The molecular weight excluding hydrogens is 168 g/mol. The predicted octanol–water partition coefficient (Wildman–Crippen LogP) is -1.74. The molecule has 0 radical (unpaired) electrons. The fraction of sp³-hybridized carbons (Fsp3) is 0.875. The monoisotopic (exact) mass is 196 g/mol. The van der Waals surface area contributed by atoms with Crippen LogP contribution in [0, 0.1) is 0 Å². The molecule has 0 bridgehead atoms. The van der Waals surface area contributed by atoms with Crippen LogP contribution in [0.3, 0.4) is 0 Å². The first-order valence-corrected chi connectivity index (χ1v) is 3.70. The molecule has 5 N–H and O–H groups in total. The molecule has 0 aliphatic heterocycles. The second-order valence-electron chi connectivity index (χ2n) is 2.05. The third-order valence-electron chi connectivity index (χ3n) is 0.925. The summed E-state index contributed by atoms with van der Waals surface area (Å²) in [4.78, 5) is 10.8. The number of nitrogens with one attached hydrogen (secondary N) is 3. The number of carbonyl (C=O) groups excluding carboxylic acids is 1. The Morgan fingerprint density at radius 3 is 2.46 bits per heavy atom. The Balaban J connectivity index is 4.44. The normalized spacial score (nSPS) is 23.5. The lowest BCUT2D eigenvalue weighted by Crippen LogP contribution is -2.35. The van der Waals surface area contributed by atoms with Gasteiger partial charge in [-0.15, -0.1) is 0 Å². The van der Waals surface area contributed by atoms with Crippen molar-refractivity contribution in [3.05, 3.63) is 0 Å². The average molecular weight is 196 g/mol. The Hall–Kier alpha value is -0.650. The van der Waals surface area contributed by atoms with Crippen molar-refractivity contribution < 1.29 is 15.8 Å². The van der Waals surface area contributed by atoms with Crippen LogP contribution in [-0.4, -0.2) is 45.0 Å². The van der Waals surface area contributed by atoms with Crippen molar-refractivity contribution in [2.75, 3.05) is 39.1 Å². The maximum atomic E-state index is 10.8. The van der Waals surface area contributed by atoms with Gasteiger partial charge in [0.15, 0.2) is 0 Å². The number of rotatable bonds is 8. The van der Waals surface area contributed by atoms with Gasteiger partial charge in [0, 0.05) is 54.2 Å². The topological polar surface area (TPSA) is 79.2 Å². The van der Waals surface area contributed by atoms with Crippen molar-refractivity contribution in [1.29, 1.82) is 0 Å². The molecule has 0 saturated heterocycles. The van der Waals surface area contributed by atoms with Crippen LogP contribution in [0.5, 0.6) is 0 Å². The smallest absolute Gasteiger partial charge is 0.216 e. The molecule has 0 rings (SSSR count). The summed E-state index contributed by atoms with van der Waals surface area (Å²) in [5.74, 6) is -0.739. The van der Waals surface area contributed by atoms with Gasteiger partial charge < -0.3 is 21.7 Å². The summed E-state index contributed by atoms with van der Waals surface area (Å²) in [6, 6.07) is 0. The van der Waals surface area contributed by atoms with E-state index in [0.29, 0.717) is 0 Å². The van der Waals surface area contributed by atoms with E-state index in [2.05, 4.69) is 10.6 Å². The van der Waals surface area contributed by atoms with Gasteiger partial charge in [0.05, 0.1) is 2.74 Å². The van der Waals surface area contributed by atoms with E-state index in [0.717, 1.165) is 6.92 Å². The van der Waals surface area contributed by atoms with Gasteiger partial charge in [-0.3, -0.25) is 4.79 Å². The summed E-state index contributed by atoms with van der Waals surface area (Å²) in [6.07, 6.45) is 0. The number of hydrogen-bond acceptors (Lipinski definition) is 4. The molecule has 0 atom stereocenters. The van der Waals surface area contributed by atoms with Gasteiger partial charge in [-0.25, -0.2) is 0 Å². The first-order chi connectivity index (χ1) is 9.12. The molecule has 0 saturated carbocycles. The van der Waals surface area contributed by atoms with Crippen molar-refractivity contribution >= 4 is 5.91 Å². The summed E-state index contributed by atoms with van der Waals surface area (Å²) in [6.45, 7) is -9.81. The standard InChI is InChI=1S/C8H20N4O/c1-8(13)12-7-6-11-5-4-10-3-2-9/h10-11H,2-7,9H2,1H3,(H,12,13)/i2D2,3D2,6D2,7D2. The summed E-state index contributed by atoms with van der Waals surface area (Å²) >= 11 is 0. The third kappa shape index (κ3) is 11.3. The van der Waals surface area contributed by atoms with Crippen molar-refractivity contribution in [2.45, 2.75) is 6.92 Å². The largest absolute Gasteiger partial charge is 0.355 e. The second-order valence-corrected chi connectivity index (χ2v) is 2.05. The Kier molecular flexibility index (Phi) is 3.08. The van der Waals surface area contributed by atoms with E-state index >= 15 is 0 Å². The van der Waals surface area contributed by atoms with Crippen LogP contribution in [0.4, 0.5) is 0 Å². The molecule has 78 valence electrons. The van der Waals surface area contributed by atoms with Gasteiger partial charge in [0.2, 0.25) is 5.91 Å². The fourth-order valence-electron chi connectivity index (χ4n) is 0.464. The Labute approximate surface area is 90.7 Å². The quantitative estimate of drug-likeness (QED) is 0.348. The molecule has 0 aromatic rings. The van der Waals surface area contributed by atoms with E-state index in [9.17, 15) is 4.79 Å². The van der Waals surface area contributed by atoms with E-state index < -0.39 is 31.9 Å². The molecule has 0 aromatic carbocycles. The maximum absolute atomic E-state index is 10.8. The SMILES string of the molecule is [2H]C([2H])(N)C([2H])([2H])NCCNC([2H])([2H])C([2H])([2H])NC(C)=O. The molecule has 0 aliphatic carbocycles. The molecule has 0 aromatic heterocycles. The van der Waals surface area contributed by atoms with Gasteiger partial charge in [-0.2, -0.15) is 0 Å². The van der Waals surface area contributed by atoms with Crippen LogP contribution in [0.15, 0.2) is 0 Å². The van der Waals surface area contributed by atoms with Gasteiger partial charge in [-0.05, 0) is 0 Å². The highest BCUT2D eigenvalue weighted by Crippen LogP contribution is 1.62. The van der Waals surface area contributed by atoms with Crippen molar-refractivity contribution in [3.8, 4) is 0 Å². The summed E-state index contributed by atoms with van der Waals surface area (Å²) in [5, 5.41) is 6.16. The molecule has 1 amide bonds. The first kappa shape index (κ1) is 4.25. The zero-order valence-electron chi connectivity index (χ0n) is 15.4. The van der Waals surface area contributed by atoms with E-state index in [-0.39, 0.29) is 13.1 Å². The van der Waals surface area contributed by atoms with E-state index in [1.54, 1.807) is 0 Å². The number of nitrogens with two attached hydrogens (primary N) is 1. The molecule has 13 heavy (non-hydrogen) atoms. The molecule has 5 nitrogen and oxygen atoms in total. The summed E-state index contributed by atoms with van der Waals surface area (Å²) in [5.41, 5.74) is 5.00. The number of amides is 1. The molecule has 0 unspecified atom stereocenters. The minimum Gasteiger partial charge on any atom is -0.355 e. The maximum Gasteiger partial charge on any atom is 0.216 e. The first-order valence-electron chi connectivity index (χ1n) is 7.70. The van der Waals surface area contributed by atoms with Gasteiger partial charge in [0.25, 0.3) is 0 Å². The fourth-order valence-corrected chi connectivity index (χ4v) is 0.464. The lowest BCUT2D eigenvalue weighted by molar-refractivity contribution is -0.118. The summed E-state index contributed by atoms with van der Waals surface area (Å²) < 4.78 is 58.7. The van der Waals surface area contributed by atoms with Crippen LogP contribution in [0.25, 0.3) is 0 Å². The zero-order valence-corrected chi connectivity index (χ0v) is 7.40. The minimum absolute atomic E-state index is 0.209. The highest BCUT2D eigenvalue weighted by atomic mass is 16.1. The Morgan fingerprint density at radius 2 is 1.92 bits per heavy atom. The van der Waals surface area contributed by atoms with Crippen LogP contribution < -0.4 is 21.7 Å². The lowest BCUT2D eigenvalue weighted by atomic mass is 10.5. The van der Waals surface area contributed by atoms with Crippen molar-refractivity contribution in [2.24, 2.45) is 5.73 Å². The second kappa shape index (κ2) is 9.44. The third-order valence-corrected chi connectivity index (χ3v) is 0.925. The molecule has 5 heteroatoms. The molecule has 0 spiro atoms. The number of hydrogen-bond donors (Lipinski definition) is 4. The van der Waals surface area contributed by atoms with Gasteiger partial charge >= 0.3 is 0 Å². The Bertz CT molecular complexity index is 370. The van der Waals surface area contributed by atoms with Crippen LogP contribution >= 0.6 is 0 Å².